The average Bonchev–Trinajstić information content (AvgIpc) is 2.09. The molecule has 9 heavy (non-hydrogen) atoms. The van der Waals surface area contributed by atoms with E-state index in [9.17, 15) is 0 Å². The summed E-state index contributed by atoms with van der Waals surface area (Å²) in [5.41, 5.74) is 3.21. The maximum atomic E-state index is 2.25. The zero-order chi connectivity index (χ0) is 6.10. The van der Waals surface area contributed by atoms with Crippen LogP contribution in [0.15, 0.2) is 35.5 Å². The molecule has 46 valence electrons. The molecular weight excluding hydrogens is 108 g/mol. The number of hydrogen-bond donors (Lipinski definition) is 0. The molecule has 0 heterocycles. The quantitative estimate of drug-likeness (QED) is 0.458. The van der Waals surface area contributed by atoms with Gasteiger partial charge in [-0.05, 0) is 19.3 Å². The number of allylic oxidation sites excluding steroid dienone is 6. The summed E-state index contributed by atoms with van der Waals surface area (Å²) >= 11 is 0. The van der Waals surface area contributed by atoms with Crippen molar-refractivity contribution in [3.8, 4) is 0 Å². The van der Waals surface area contributed by atoms with Gasteiger partial charge in [0, 0.05) is 0 Å². The van der Waals surface area contributed by atoms with Gasteiger partial charge in [-0.25, -0.2) is 0 Å². The number of hydrogen-bond acceptors (Lipinski definition) is 0. The first-order chi connectivity index (χ1) is 4.45. The molecule has 2 rings (SSSR count). The molecule has 0 aromatic carbocycles. The van der Waals surface area contributed by atoms with Crippen molar-refractivity contribution in [2.75, 3.05) is 0 Å². The predicted octanol–water partition coefficient (Wildman–Crippen LogP) is 2.59. The molecule has 0 amide bonds. The zero-order valence-corrected chi connectivity index (χ0v) is 5.43. The van der Waals surface area contributed by atoms with Gasteiger partial charge in [0.25, 0.3) is 0 Å². The van der Waals surface area contributed by atoms with Crippen molar-refractivity contribution in [1.82, 2.24) is 0 Å². The Balaban J connectivity index is 2.42. The minimum Gasteiger partial charge on any atom is -0.0658 e. The van der Waals surface area contributed by atoms with Gasteiger partial charge in [-0.15, -0.1) is 0 Å². The van der Waals surface area contributed by atoms with Crippen molar-refractivity contribution >= 4 is 0 Å². The SMILES string of the molecule is C1=CC=C2CCC(=C1)C2. The lowest BCUT2D eigenvalue weighted by molar-refractivity contribution is 1.05. The molecule has 0 nitrogen and oxygen atoms in total. The van der Waals surface area contributed by atoms with E-state index in [1.165, 1.54) is 19.3 Å². The van der Waals surface area contributed by atoms with Crippen LogP contribution >= 0.6 is 0 Å². The normalized spacial score (nSPS) is 23.1. The average molecular weight is 118 g/mol. The molecule has 0 aliphatic heterocycles. The molecule has 0 N–H and O–H groups in total. The van der Waals surface area contributed by atoms with E-state index < -0.39 is 0 Å². The van der Waals surface area contributed by atoms with Crippen LogP contribution in [-0.4, -0.2) is 0 Å². The summed E-state index contributed by atoms with van der Waals surface area (Å²) in [5, 5.41) is 0. The van der Waals surface area contributed by atoms with Crippen molar-refractivity contribution in [3.63, 3.8) is 0 Å². The van der Waals surface area contributed by atoms with Crippen LogP contribution in [0.2, 0.25) is 0 Å². The minimum absolute atomic E-state index is 1.24. The summed E-state index contributed by atoms with van der Waals surface area (Å²) in [7, 11) is 0. The van der Waals surface area contributed by atoms with Crippen LogP contribution in [-0.2, 0) is 0 Å². The second-order valence-corrected chi connectivity index (χ2v) is 2.71. The van der Waals surface area contributed by atoms with Crippen molar-refractivity contribution in [3.05, 3.63) is 35.5 Å². The maximum absolute atomic E-state index is 2.25. The van der Waals surface area contributed by atoms with Gasteiger partial charge < -0.3 is 0 Å². The highest BCUT2D eigenvalue weighted by Gasteiger charge is 2.11. The highest BCUT2D eigenvalue weighted by Crippen LogP contribution is 2.30. The number of fused-ring (bicyclic) bond motifs is 2. The molecule has 2 bridgehead atoms. The molecule has 0 aromatic rings. The first kappa shape index (κ1) is 5.04. The fourth-order valence-corrected chi connectivity index (χ4v) is 1.46. The first-order valence-electron chi connectivity index (χ1n) is 3.49. The molecule has 0 heteroatoms. The number of rotatable bonds is 0. The second-order valence-electron chi connectivity index (χ2n) is 2.71. The lowest BCUT2D eigenvalue weighted by atomic mass is 10.2. The maximum Gasteiger partial charge on any atom is -0.0102 e. The van der Waals surface area contributed by atoms with Crippen LogP contribution in [0.3, 0.4) is 0 Å². The zero-order valence-electron chi connectivity index (χ0n) is 5.43. The summed E-state index contributed by atoms with van der Waals surface area (Å²) < 4.78 is 0. The molecule has 0 unspecified atom stereocenters. The third-order valence-corrected chi connectivity index (χ3v) is 2.00. The first-order valence-corrected chi connectivity index (χ1v) is 3.49. The van der Waals surface area contributed by atoms with E-state index in [1.807, 2.05) is 0 Å². The monoisotopic (exact) mass is 118 g/mol. The molecule has 2 aliphatic carbocycles. The third kappa shape index (κ3) is 0.849. The van der Waals surface area contributed by atoms with Gasteiger partial charge >= 0.3 is 0 Å². The van der Waals surface area contributed by atoms with Gasteiger partial charge in [0.2, 0.25) is 0 Å². The predicted molar refractivity (Wildman–Crippen MR) is 39.2 cm³/mol. The van der Waals surface area contributed by atoms with Gasteiger partial charge in [-0.1, -0.05) is 35.5 Å². The third-order valence-electron chi connectivity index (χ3n) is 2.00. The van der Waals surface area contributed by atoms with Gasteiger partial charge in [0.15, 0.2) is 0 Å². The van der Waals surface area contributed by atoms with E-state index in [-0.39, 0.29) is 0 Å². The fourth-order valence-electron chi connectivity index (χ4n) is 1.46. The smallest absolute Gasteiger partial charge is 0.0102 e. The summed E-state index contributed by atoms with van der Waals surface area (Å²) in [6.07, 6.45) is 12.6. The van der Waals surface area contributed by atoms with Gasteiger partial charge in [0.1, 0.15) is 0 Å². The Morgan fingerprint density at radius 3 is 2.00 bits per heavy atom. The van der Waals surface area contributed by atoms with Crippen molar-refractivity contribution in [1.29, 1.82) is 0 Å². The Hall–Kier alpha value is -0.780. The molecule has 1 fully saturated rings. The molecular formula is C9H10. The minimum atomic E-state index is 1.24. The summed E-state index contributed by atoms with van der Waals surface area (Å²) in [4.78, 5) is 0. The summed E-state index contributed by atoms with van der Waals surface area (Å²) in [6.45, 7) is 0. The lowest BCUT2D eigenvalue weighted by Crippen LogP contribution is -1.66. The van der Waals surface area contributed by atoms with Crippen LogP contribution in [0, 0.1) is 0 Å². The fraction of sp³-hybridized carbons (Fsp3) is 0.333. The highest BCUT2D eigenvalue weighted by atomic mass is 14.2. The molecule has 1 saturated carbocycles. The van der Waals surface area contributed by atoms with E-state index in [2.05, 4.69) is 24.3 Å². The molecule has 0 saturated heterocycles. The molecule has 0 atom stereocenters. The Labute approximate surface area is 55.6 Å². The topological polar surface area (TPSA) is 0 Å². The van der Waals surface area contributed by atoms with Crippen molar-refractivity contribution in [2.45, 2.75) is 19.3 Å². The van der Waals surface area contributed by atoms with Gasteiger partial charge in [0.05, 0.1) is 0 Å². The Bertz CT molecular complexity index is 182. The molecule has 0 radical (unpaired) electrons. The van der Waals surface area contributed by atoms with Crippen LogP contribution in [0.25, 0.3) is 0 Å². The van der Waals surface area contributed by atoms with Gasteiger partial charge in [-0.2, -0.15) is 0 Å². The highest BCUT2D eigenvalue weighted by molar-refractivity contribution is 5.33. The molecule has 0 spiro atoms. The van der Waals surface area contributed by atoms with E-state index in [4.69, 9.17) is 0 Å². The van der Waals surface area contributed by atoms with Crippen molar-refractivity contribution in [2.24, 2.45) is 0 Å². The van der Waals surface area contributed by atoms with Crippen LogP contribution in [0.5, 0.6) is 0 Å². The second kappa shape index (κ2) is 1.87. The molecule has 0 aromatic heterocycles. The molecule has 2 aliphatic rings. The van der Waals surface area contributed by atoms with E-state index in [0.29, 0.717) is 0 Å². The summed E-state index contributed by atoms with van der Waals surface area (Å²) in [6, 6.07) is 0. The Kier molecular flexibility index (Phi) is 1.05. The Morgan fingerprint density at radius 2 is 1.44 bits per heavy atom. The van der Waals surface area contributed by atoms with Crippen LogP contribution in [0.1, 0.15) is 19.3 Å². The van der Waals surface area contributed by atoms with E-state index >= 15 is 0 Å². The van der Waals surface area contributed by atoms with Crippen LogP contribution in [0.4, 0.5) is 0 Å². The largest absolute Gasteiger partial charge is 0.0658 e. The van der Waals surface area contributed by atoms with Gasteiger partial charge in [-0.3, -0.25) is 0 Å². The Morgan fingerprint density at radius 1 is 0.889 bits per heavy atom. The summed E-state index contributed by atoms with van der Waals surface area (Å²) in [5.74, 6) is 0. The van der Waals surface area contributed by atoms with Crippen molar-refractivity contribution < 1.29 is 0 Å². The van der Waals surface area contributed by atoms with Crippen LogP contribution < -0.4 is 0 Å². The van der Waals surface area contributed by atoms with E-state index in [1.54, 1.807) is 11.1 Å². The standard InChI is InChI=1S/C9H10/c1-2-4-9-6-5-8(3-1)7-9/h1-4H,5-7H2. The lowest BCUT2D eigenvalue weighted by Gasteiger charge is -1.86. The van der Waals surface area contributed by atoms with E-state index in [0.717, 1.165) is 0 Å².